The maximum Gasteiger partial charge on any atom is 0.226 e. The van der Waals surface area contributed by atoms with E-state index in [2.05, 4.69) is 5.16 Å². The number of benzene rings is 1. The molecule has 1 saturated heterocycles. The van der Waals surface area contributed by atoms with E-state index in [-0.39, 0.29) is 17.9 Å². The number of carbonyl (C=O) groups excluding carboxylic acids is 1. The first-order valence-electron chi connectivity index (χ1n) is 9.76. The van der Waals surface area contributed by atoms with Crippen LogP contribution in [0.3, 0.4) is 0 Å². The lowest BCUT2D eigenvalue weighted by Gasteiger charge is -2.24. The van der Waals surface area contributed by atoms with Crippen LogP contribution in [0.25, 0.3) is 11.3 Å². The molecule has 1 aromatic carbocycles. The fourth-order valence-electron chi connectivity index (χ4n) is 3.57. The van der Waals surface area contributed by atoms with Gasteiger partial charge in [0.15, 0.2) is 5.76 Å². The van der Waals surface area contributed by atoms with Crippen LogP contribution in [0.1, 0.15) is 31.4 Å². The molecule has 2 heterocycles. The first-order valence-corrected chi connectivity index (χ1v) is 9.76. The topological polar surface area (TPSA) is 74.0 Å². The van der Waals surface area contributed by atoms with Crippen molar-refractivity contribution in [3.05, 3.63) is 30.0 Å². The first kappa shape index (κ1) is 18.8. The van der Waals surface area contributed by atoms with Gasteiger partial charge in [-0.3, -0.25) is 4.79 Å². The monoisotopic (exact) mass is 386 g/mol. The maximum absolute atomic E-state index is 12.7. The number of hydrogen-bond donors (Lipinski definition) is 0. The van der Waals surface area contributed by atoms with Crippen LogP contribution in [-0.2, 0) is 16.1 Å². The van der Waals surface area contributed by atoms with Crippen molar-refractivity contribution in [1.29, 1.82) is 0 Å². The average Bonchev–Trinajstić information content (AvgIpc) is 3.25. The zero-order valence-corrected chi connectivity index (χ0v) is 16.3. The quantitative estimate of drug-likeness (QED) is 0.693. The Labute approximate surface area is 164 Å². The molecular weight excluding hydrogens is 360 g/mol. The fraction of sp³-hybridized carbons (Fsp3) is 0.524. The normalized spacial score (nSPS) is 18.9. The van der Waals surface area contributed by atoms with Gasteiger partial charge in [-0.25, -0.2) is 0 Å². The van der Waals surface area contributed by atoms with Crippen molar-refractivity contribution < 1.29 is 23.5 Å². The number of nitrogens with zero attached hydrogens (tertiary/aromatic N) is 2. The van der Waals surface area contributed by atoms with Crippen molar-refractivity contribution in [2.45, 2.75) is 38.3 Å². The number of amides is 1. The van der Waals surface area contributed by atoms with Crippen LogP contribution in [0.2, 0.25) is 0 Å². The predicted octanol–water partition coefficient (Wildman–Crippen LogP) is 3.28. The van der Waals surface area contributed by atoms with Crippen LogP contribution >= 0.6 is 0 Å². The van der Waals surface area contributed by atoms with Gasteiger partial charge in [-0.1, -0.05) is 5.16 Å². The van der Waals surface area contributed by atoms with Gasteiger partial charge in [0, 0.05) is 25.1 Å². The van der Waals surface area contributed by atoms with Gasteiger partial charge in [0.25, 0.3) is 0 Å². The highest BCUT2D eigenvalue weighted by Gasteiger charge is 2.35. The van der Waals surface area contributed by atoms with E-state index in [9.17, 15) is 4.79 Å². The molecule has 1 amide bonds. The number of aromatic nitrogens is 1. The van der Waals surface area contributed by atoms with Gasteiger partial charge >= 0.3 is 0 Å². The van der Waals surface area contributed by atoms with Crippen molar-refractivity contribution in [3.63, 3.8) is 0 Å². The van der Waals surface area contributed by atoms with Gasteiger partial charge in [-0.2, -0.15) is 0 Å². The molecule has 1 atom stereocenters. The summed E-state index contributed by atoms with van der Waals surface area (Å²) in [7, 11) is 3.23. The summed E-state index contributed by atoms with van der Waals surface area (Å²) in [6.45, 7) is 1.81. The van der Waals surface area contributed by atoms with Gasteiger partial charge < -0.3 is 23.6 Å². The van der Waals surface area contributed by atoms with Gasteiger partial charge in [-0.15, -0.1) is 0 Å². The lowest BCUT2D eigenvalue weighted by atomic mass is 10.1. The molecule has 1 saturated carbocycles. The van der Waals surface area contributed by atoms with E-state index in [1.165, 1.54) is 0 Å². The number of hydrogen-bond acceptors (Lipinski definition) is 6. The summed E-state index contributed by atoms with van der Waals surface area (Å²) in [4.78, 5) is 14.6. The minimum absolute atomic E-state index is 0.118. The third-order valence-corrected chi connectivity index (χ3v) is 5.27. The van der Waals surface area contributed by atoms with Crippen LogP contribution in [0.5, 0.6) is 11.5 Å². The molecule has 0 radical (unpaired) electrons. The summed E-state index contributed by atoms with van der Waals surface area (Å²) < 4.78 is 22.0. The highest BCUT2D eigenvalue weighted by atomic mass is 16.5. The Kier molecular flexibility index (Phi) is 5.52. The first-order chi connectivity index (χ1) is 13.7. The molecule has 0 spiro atoms. The summed E-state index contributed by atoms with van der Waals surface area (Å²) in [6, 6.07) is 7.37. The molecule has 1 aromatic heterocycles. The smallest absolute Gasteiger partial charge is 0.226 e. The molecule has 2 aromatic rings. The molecule has 0 bridgehead atoms. The third kappa shape index (κ3) is 4.14. The third-order valence-electron chi connectivity index (χ3n) is 5.27. The van der Waals surface area contributed by atoms with Crippen molar-refractivity contribution in [2.75, 3.05) is 27.4 Å². The molecule has 4 rings (SSSR count). The molecule has 7 heteroatoms. The summed E-state index contributed by atoms with van der Waals surface area (Å²) in [5.74, 6) is 2.32. The average molecular weight is 386 g/mol. The molecule has 28 heavy (non-hydrogen) atoms. The van der Waals surface area contributed by atoms with Crippen LogP contribution in [0.15, 0.2) is 28.8 Å². The standard InChI is InChI=1S/C21H26N2O5/c1-25-16-7-8-19(26-2)18(11-16)20-10-15(22-28-20)12-23(21(24)14-5-6-14)13-17-4-3-9-27-17/h7-8,10-11,14,17H,3-6,9,12-13H2,1-2H3/t17-/m1/s1. The van der Waals surface area contributed by atoms with Crippen molar-refractivity contribution in [2.24, 2.45) is 5.92 Å². The van der Waals surface area contributed by atoms with E-state index in [4.69, 9.17) is 18.7 Å². The number of carbonyl (C=O) groups is 1. The van der Waals surface area contributed by atoms with Gasteiger partial charge in [-0.05, 0) is 43.9 Å². The van der Waals surface area contributed by atoms with Crippen molar-refractivity contribution in [3.8, 4) is 22.8 Å². The van der Waals surface area contributed by atoms with Gasteiger partial charge in [0.1, 0.15) is 17.2 Å². The molecule has 0 unspecified atom stereocenters. The van der Waals surface area contributed by atoms with Crippen molar-refractivity contribution in [1.82, 2.24) is 10.1 Å². The molecule has 2 aliphatic rings. The van der Waals surface area contributed by atoms with E-state index in [0.717, 1.165) is 37.9 Å². The zero-order chi connectivity index (χ0) is 19.5. The summed E-state index contributed by atoms with van der Waals surface area (Å²) >= 11 is 0. The molecule has 2 fully saturated rings. The number of methoxy groups -OCH3 is 2. The SMILES string of the molecule is COc1ccc(OC)c(-c2cc(CN(C[C@H]3CCCO3)C(=O)C3CC3)no2)c1. The Hall–Kier alpha value is -2.54. The lowest BCUT2D eigenvalue weighted by Crippen LogP contribution is -2.37. The second-order valence-corrected chi connectivity index (χ2v) is 7.38. The van der Waals surface area contributed by atoms with Crippen LogP contribution < -0.4 is 9.47 Å². The number of rotatable bonds is 8. The van der Waals surface area contributed by atoms with Crippen LogP contribution in [-0.4, -0.2) is 49.4 Å². The van der Waals surface area contributed by atoms with E-state index in [1.807, 2.05) is 29.2 Å². The summed E-state index contributed by atoms with van der Waals surface area (Å²) in [6.07, 6.45) is 4.13. The van der Waals surface area contributed by atoms with Crippen molar-refractivity contribution >= 4 is 5.91 Å². The lowest BCUT2D eigenvalue weighted by molar-refractivity contribution is -0.134. The van der Waals surface area contributed by atoms with Gasteiger partial charge in [0.05, 0.1) is 32.4 Å². The number of ether oxygens (including phenoxy) is 3. The molecular formula is C21H26N2O5. The maximum atomic E-state index is 12.7. The highest BCUT2D eigenvalue weighted by molar-refractivity contribution is 5.81. The summed E-state index contributed by atoms with van der Waals surface area (Å²) in [5.41, 5.74) is 1.48. The minimum atomic E-state index is 0.118. The fourth-order valence-corrected chi connectivity index (χ4v) is 3.57. The molecule has 7 nitrogen and oxygen atoms in total. The van der Waals surface area contributed by atoms with Crippen LogP contribution in [0, 0.1) is 5.92 Å². The molecule has 1 aliphatic carbocycles. The zero-order valence-electron chi connectivity index (χ0n) is 16.3. The Morgan fingerprint density at radius 3 is 2.75 bits per heavy atom. The molecule has 0 N–H and O–H groups in total. The molecule has 1 aliphatic heterocycles. The predicted molar refractivity (Wildman–Crippen MR) is 102 cm³/mol. The van der Waals surface area contributed by atoms with Crippen LogP contribution in [0.4, 0.5) is 0 Å². The Morgan fingerprint density at radius 2 is 2.07 bits per heavy atom. The molecule has 150 valence electrons. The van der Waals surface area contributed by atoms with Gasteiger partial charge in [0.2, 0.25) is 5.91 Å². The Bertz CT molecular complexity index is 824. The van der Waals surface area contributed by atoms with E-state index >= 15 is 0 Å². The van der Waals surface area contributed by atoms with E-state index in [0.29, 0.717) is 36.0 Å². The Morgan fingerprint density at radius 1 is 1.21 bits per heavy atom. The van der Waals surface area contributed by atoms with E-state index < -0.39 is 0 Å². The summed E-state index contributed by atoms with van der Waals surface area (Å²) in [5, 5.41) is 4.19. The Balaban J connectivity index is 1.53. The largest absolute Gasteiger partial charge is 0.497 e. The van der Waals surface area contributed by atoms with E-state index in [1.54, 1.807) is 14.2 Å². The minimum Gasteiger partial charge on any atom is -0.497 e. The second-order valence-electron chi connectivity index (χ2n) is 7.38. The highest BCUT2D eigenvalue weighted by Crippen LogP contribution is 2.35. The second kappa shape index (κ2) is 8.22.